The molecule has 0 unspecified atom stereocenters. The van der Waals surface area contributed by atoms with Crippen molar-refractivity contribution in [3.8, 4) is 0 Å². The molecule has 0 aliphatic rings. The molecular formula is C13H10FIN2O. The normalized spacial score (nSPS) is 10.1. The summed E-state index contributed by atoms with van der Waals surface area (Å²) in [6.45, 7) is 0. The summed E-state index contributed by atoms with van der Waals surface area (Å²) in [5.41, 5.74) is 6.58. The first kappa shape index (κ1) is 12.8. The Hall–Kier alpha value is -1.63. The number of benzene rings is 2. The average molecular weight is 356 g/mol. The van der Waals surface area contributed by atoms with E-state index >= 15 is 0 Å². The molecule has 2 aromatic rings. The molecule has 0 heterocycles. The molecular weight excluding hydrogens is 346 g/mol. The van der Waals surface area contributed by atoms with E-state index in [0.717, 1.165) is 9.64 Å². The van der Waals surface area contributed by atoms with Crippen LogP contribution in [0, 0.1) is 9.39 Å². The molecule has 0 saturated carbocycles. The molecule has 0 saturated heterocycles. The summed E-state index contributed by atoms with van der Waals surface area (Å²) in [5.74, 6) is -0.911. The lowest BCUT2D eigenvalue weighted by Gasteiger charge is -2.06. The van der Waals surface area contributed by atoms with Crippen molar-refractivity contribution in [2.24, 2.45) is 0 Å². The third-order valence-corrected chi connectivity index (χ3v) is 2.94. The highest BCUT2D eigenvalue weighted by atomic mass is 127. The maximum Gasteiger partial charge on any atom is 0.255 e. The fourth-order valence-corrected chi connectivity index (χ4v) is 2.06. The molecule has 2 aromatic carbocycles. The highest BCUT2D eigenvalue weighted by molar-refractivity contribution is 14.1. The van der Waals surface area contributed by atoms with Crippen LogP contribution in [0.15, 0.2) is 42.5 Å². The fourth-order valence-electron chi connectivity index (χ4n) is 1.51. The zero-order valence-electron chi connectivity index (χ0n) is 9.28. The van der Waals surface area contributed by atoms with Gasteiger partial charge in [-0.1, -0.05) is 6.07 Å². The van der Waals surface area contributed by atoms with Crippen LogP contribution in [-0.4, -0.2) is 5.91 Å². The van der Waals surface area contributed by atoms with Gasteiger partial charge in [0.25, 0.3) is 5.91 Å². The number of carbonyl (C=O) groups excluding carboxylic acids is 1. The minimum absolute atomic E-state index is 0.200. The minimum Gasteiger partial charge on any atom is -0.399 e. The van der Waals surface area contributed by atoms with Gasteiger partial charge >= 0.3 is 0 Å². The summed E-state index contributed by atoms with van der Waals surface area (Å²) < 4.78 is 14.1. The van der Waals surface area contributed by atoms with Crippen molar-refractivity contribution < 1.29 is 9.18 Å². The lowest BCUT2D eigenvalue weighted by Crippen LogP contribution is -2.12. The van der Waals surface area contributed by atoms with Gasteiger partial charge in [-0.15, -0.1) is 0 Å². The molecule has 5 heteroatoms. The zero-order valence-corrected chi connectivity index (χ0v) is 11.4. The van der Waals surface area contributed by atoms with Crippen LogP contribution in [0.5, 0.6) is 0 Å². The molecule has 0 fully saturated rings. The van der Waals surface area contributed by atoms with Crippen molar-refractivity contribution >= 4 is 39.9 Å². The second kappa shape index (κ2) is 5.34. The molecule has 92 valence electrons. The number of anilines is 2. The number of halogens is 2. The third-order valence-electron chi connectivity index (χ3n) is 2.26. The summed E-state index contributed by atoms with van der Waals surface area (Å²) in [5, 5.41) is 2.69. The lowest BCUT2D eigenvalue weighted by atomic mass is 10.2. The largest absolute Gasteiger partial charge is 0.399 e. The van der Waals surface area contributed by atoms with Crippen LogP contribution in [0.3, 0.4) is 0 Å². The number of amides is 1. The molecule has 3 N–H and O–H groups in total. The number of nitrogen functional groups attached to an aromatic ring is 1. The maximum absolute atomic E-state index is 13.1. The molecule has 0 aromatic heterocycles. The van der Waals surface area contributed by atoms with E-state index < -0.39 is 5.82 Å². The number of rotatable bonds is 2. The van der Waals surface area contributed by atoms with E-state index in [1.54, 1.807) is 6.07 Å². The van der Waals surface area contributed by atoms with E-state index in [1.807, 2.05) is 18.2 Å². The van der Waals surface area contributed by atoms with Crippen LogP contribution in [0.4, 0.5) is 15.8 Å². The van der Waals surface area contributed by atoms with Gasteiger partial charge in [-0.2, -0.15) is 0 Å². The predicted octanol–water partition coefficient (Wildman–Crippen LogP) is 3.26. The standard InChI is InChI=1S/C13H10FIN2O/c14-9-4-8(5-11(16)6-9)13(18)17-12-3-1-2-10(15)7-12/h1-7H,16H2,(H,17,18). The van der Waals surface area contributed by atoms with Crippen LogP contribution in [0.2, 0.25) is 0 Å². The highest BCUT2D eigenvalue weighted by Crippen LogP contribution is 2.15. The highest BCUT2D eigenvalue weighted by Gasteiger charge is 2.08. The first-order valence-electron chi connectivity index (χ1n) is 5.17. The van der Waals surface area contributed by atoms with E-state index in [-0.39, 0.29) is 17.2 Å². The van der Waals surface area contributed by atoms with Gasteiger partial charge in [0, 0.05) is 20.5 Å². The third kappa shape index (κ3) is 3.19. The predicted molar refractivity (Wildman–Crippen MR) is 77.9 cm³/mol. The van der Waals surface area contributed by atoms with E-state index in [2.05, 4.69) is 27.9 Å². The van der Waals surface area contributed by atoms with Gasteiger partial charge in [0.15, 0.2) is 0 Å². The Morgan fingerprint density at radius 2 is 2.00 bits per heavy atom. The van der Waals surface area contributed by atoms with Crippen molar-refractivity contribution in [3.63, 3.8) is 0 Å². The Labute approximate surface area is 117 Å². The smallest absolute Gasteiger partial charge is 0.255 e. The molecule has 0 bridgehead atoms. The monoisotopic (exact) mass is 356 g/mol. The number of carbonyl (C=O) groups is 1. The van der Waals surface area contributed by atoms with Crippen molar-refractivity contribution in [2.45, 2.75) is 0 Å². The number of hydrogen-bond acceptors (Lipinski definition) is 2. The topological polar surface area (TPSA) is 55.1 Å². The minimum atomic E-state index is -0.525. The Morgan fingerprint density at radius 1 is 1.22 bits per heavy atom. The maximum atomic E-state index is 13.1. The van der Waals surface area contributed by atoms with Crippen LogP contribution in [-0.2, 0) is 0 Å². The van der Waals surface area contributed by atoms with Crippen LogP contribution >= 0.6 is 22.6 Å². The van der Waals surface area contributed by atoms with E-state index in [1.165, 1.54) is 12.1 Å². The molecule has 18 heavy (non-hydrogen) atoms. The van der Waals surface area contributed by atoms with Crippen molar-refractivity contribution in [1.29, 1.82) is 0 Å². The number of hydrogen-bond donors (Lipinski definition) is 2. The van der Waals surface area contributed by atoms with Gasteiger partial charge in [0.1, 0.15) is 5.82 Å². The van der Waals surface area contributed by atoms with Gasteiger partial charge in [-0.25, -0.2) is 4.39 Å². The molecule has 0 radical (unpaired) electrons. The Bertz CT molecular complexity index is 581. The summed E-state index contributed by atoms with van der Waals surface area (Å²) in [7, 11) is 0. The second-order valence-electron chi connectivity index (χ2n) is 3.74. The number of nitrogens with one attached hydrogen (secondary N) is 1. The van der Waals surface area contributed by atoms with Gasteiger partial charge < -0.3 is 11.1 Å². The second-order valence-corrected chi connectivity index (χ2v) is 4.98. The molecule has 2 rings (SSSR count). The molecule has 1 amide bonds. The first-order valence-corrected chi connectivity index (χ1v) is 6.25. The SMILES string of the molecule is Nc1cc(F)cc(C(=O)Nc2cccc(I)c2)c1. The first-order chi connectivity index (χ1) is 8.54. The summed E-state index contributed by atoms with van der Waals surface area (Å²) in [4.78, 5) is 11.9. The average Bonchev–Trinajstić information content (AvgIpc) is 2.27. The van der Waals surface area contributed by atoms with E-state index in [9.17, 15) is 9.18 Å². The molecule has 0 aliphatic heterocycles. The Kier molecular flexibility index (Phi) is 3.81. The quantitative estimate of drug-likeness (QED) is 0.641. The Balaban J connectivity index is 2.22. The van der Waals surface area contributed by atoms with Crippen molar-refractivity contribution in [3.05, 3.63) is 57.4 Å². The molecule has 3 nitrogen and oxygen atoms in total. The molecule has 0 spiro atoms. The van der Waals surface area contributed by atoms with Gasteiger partial charge in [0.2, 0.25) is 0 Å². The molecule has 0 atom stereocenters. The van der Waals surface area contributed by atoms with Gasteiger partial charge in [-0.3, -0.25) is 4.79 Å². The van der Waals surface area contributed by atoms with Crippen molar-refractivity contribution in [1.82, 2.24) is 0 Å². The van der Waals surface area contributed by atoms with Gasteiger partial charge in [-0.05, 0) is 59.0 Å². The van der Waals surface area contributed by atoms with Crippen LogP contribution < -0.4 is 11.1 Å². The van der Waals surface area contributed by atoms with E-state index in [0.29, 0.717) is 5.69 Å². The fraction of sp³-hybridized carbons (Fsp3) is 0. The zero-order chi connectivity index (χ0) is 13.1. The lowest BCUT2D eigenvalue weighted by molar-refractivity contribution is 0.102. The van der Waals surface area contributed by atoms with Crippen molar-refractivity contribution in [2.75, 3.05) is 11.1 Å². The van der Waals surface area contributed by atoms with Crippen LogP contribution in [0.1, 0.15) is 10.4 Å². The summed E-state index contributed by atoms with van der Waals surface area (Å²) >= 11 is 2.15. The Morgan fingerprint density at radius 3 is 2.67 bits per heavy atom. The summed E-state index contributed by atoms with van der Waals surface area (Å²) in [6, 6.07) is 11.1. The van der Waals surface area contributed by atoms with Gasteiger partial charge in [0.05, 0.1) is 0 Å². The van der Waals surface area contributed by atoms with E-state index in [4.69, 9.17) is 5.73 Å². The summed E-state index contributed by atoms with van der Waals surface area (Å²) in [6.07, 6.45) is 0. The number of nitrogens with two attached hydrogens (primary N) is 1. The van der Waals surface area contributed by atoms with Crippen LogP contribution in [0.25, 0.3) is 0 Å². The molecule has 0 aliphatic carbocycles.